The van der Waals surface area contributed by atoms with Gasteiger partial charge < -0.3 is 23.3 Å². The van der Waals surface area contributed by atoms with E-state index in [4.69, 9.17) is 33.3 Å². The minimum absolute atomic E-state index is 0. The van der Waals surface area contributed by atoms with Crippen LogP contribution >= 0.6 is 0 Å². The molecule has 9 heteroatoms. The monoisotopic (exact) mass is 214 g/mol. The zero-order chi connectivity index (χ0) is 9.15. The van der Waals surface area contributed by atoms with Gasteiger partial charge in [-0.1, -0.05) is 0 Å². The molecule has 4 N–H and O–H groups in total. The zero-order valence-corrected chi connectivity index (χ0v) is 8.20. The second-order valence-electron chi connectivity index (χ2n) is 0.565. The summed E-state index contributed by atoms with van der Waals surface area (Å²) in [6, 6.07) is 0. The first-order valence-electron chi connectivity index (χ1n) is 1.51. The molecule has 0 fully saturated rings. The van der Waals surface area contributed by atoms with Gasteiger partial charge in [0.25, 0.3) is 0 Å². The summed E-state index contributed by atoms with van der Waals surface area (Å²) in [7, 11) is 0. The Morgan fingerprint density at radius 3 is 0.909 bits per heavy atom. The Kier molecular flexibility index (Phi) is 46.0. The van der Waals surface area contributed by atoms with Crippen LogP contribution in [0.2, 0.25) is 0 Å². The van der Waals surface area contributed by atoms with E-state index >= 15 is 0 Å². The second kappa shape index (κ2) is 22.6. The molecule has 62 valence electrons. The van der Waals surface area contributed by atoms with Crippen LogP contribution in [0.25, 0.3) is 0 Å². The standard InChI is InChI=1S/2CH2O3.Mg.O.Ti.2H/c2*2-1(3)4;;;;;/h2*(H2,2,3,4);;;;;/q;;+2;;;2*-1. The summed E-state index contributed by atoms with van der Waals surface area (Å²) >= 11 is 0.750. The van der Waals surface area contributed by atoms with Crippen LogP contribution < -0.4 is 0 Å². The molecule has 0 radical (unpaired) electrons. The van der Waals surface area contributed by atoms with Crippen molar-refractivity contribution in [3.8, 4) is 0 Å². The number of carbonyl (C=O) groups is 2. The van der Waals surface area contributed by atoms with Gasteiger partial charge in [0.2, 0.25) is 0 Å². The Balaban J connectivity index is -0.0000000133. The van der Waals surface area contributed by atoms with Crippen molar-refractivity contribution < 1.29 is 56.6 Å². The molecule has 0 aliphatic heterocycles. The summed E-state index contributed by atoms with van der Waals surface area (Å²) < 4.78 is 8.25. The summed E-state index contributed by atoms with van der Waals surface area (Å²) in [6.45, 7) is 0. The molecule has 11 heavy (non-hydrogen) atoms. The fourth-order valence-corrected chi connectivity index (χ4v) is 0. The Hall–Kier alpha value is -0.179. The van der Waals surface area contributed by atoms with Crippen LogP contribution in [0.15, 0.2) is 0 Å². The van der Waals surface area contributed by atoms with Crippen molar-refractivity contribution in [2.75, 3.05) is 0 Å². The normalized spacial score (nSPS) is 4.64. The van der Waals surface area contributed by atoms with Crippen LogP contribution in [0.3, 0.4) is 0 Å². The molecule has 0 aromatic carbocycles. The molecule has 0 bridgehead atoms. The van der Waals surface area contributed by atoms with Crippen molar-refractivity contribution in [3.05, 3.63) is 0 Å². The SMILES string of the molecule is O=C(O)O.O=C(O)O.[H-].[H-].[Mg+2].[O]=[Ti]. The van der Waals surface area contributed by atoms with Crippen LogP contribution in [-0.2, 0) is 23.7 Å². The van der Waals surface area contributed by atoms with Gasteiger partial charge in [-0.2, -0.15) is 0 Å². The molecule has 0 aromatic heterocycles. The number of hydrogen-bond acceptors (Lipinski definition) is 3. The van der Waals surface area contributed by atoms with Gasteiger partial charge in [0.05, 0.1) is 0 Å². The van der Waals surface area contributed by atoms with E-state index in [0.717, 1.165) is 20.4 Å². The molecule has 0 aliphatic carbocycles. The molecule has 0 aromatic rings. The van der Waals surface area contributed by atoms with E-state index in [1.165, 1.54) is 0 Å². The van der Waals surface area contributed by atoms with E-state index in [2.05, 4.69) is 0 Å². The Morgan fingerprint density at radius 2 is 0.909 bits per heavy atom. The predicted molar refractivity (Wildman–Crippen MR) is 30.0 cm³/mol. The van der Waals surface area contributed by atoms with Gasteiger partial charge >= 0.3 is 59.1 Å². The van der Waals surface area contributed by atoms with E-state index in [1.54, 1.807) is 0 Å². The van der Waals surface area contributed by atoms with E-state index < -0.39 is 12.3 Å². The van der Waals surface area contributed by atoms with Gasteiger partial charge in [0.15, 0.2) is 0 Å². The van der Waals surface area contributed by atoms with Crippen molar-refractivity contribution in [2.24, 2.45) is 0 Å². The summed E-state index contributed by atoms with van der Waals surface area (Å²) in [5.74, 6) is 0. The molecule has 0 atom stereocenters. The van der Waals surface area contributed by atoms with Gasteiger partial charge in [-0.15, -0.1) is 0 Å². The molecular formula is C2H6MgO7Ti. The minimum atomic E-state index is -1.83. The maximum atomic E-state index is 8.56. The van der Waals surface area contributed by atoms with Crippen LogP contribution in [0, 0.1) is 0 Å². The number of hydrogen-bond donors (Lipinski definition) is 4. The van der Waals surface area contributed by atoms with Gasteiger partial charge in [-0.25, -0.2) is 9.59 Å². The molecule has 0 amide bonds. The van der Waals surface area contributed by atoms with Crippen LogP contribution in [-0.4, -0.2) is 55.8 Å². The topological polar surface area (TPSA) is 132 Å². The Morgan fingerprint density at radius 1 is 0.909 bits per heavy atom. The summed E-state index contributed by atoms with van der Waals surface area (Å²) in [4.78, 5) is 17.1. The van der Waals surface area contributed by atoms with Crippen molar-refractivity contribution >= 4 is 35.4 Å². The molecule has 7 nitrogen and oxygen atoms in total. The van der Waals surface area contributed by atoms with Crippen molar-refractivity contribution in [3.63, 3.8) is 0 Å². The summed E-state index contributed by atoms with van der Waals surface area (Å²) in [5, 5.41) is 27.9. The Bertz CT molecular complexity index is 92.7. The fourth-order valence-electron chi connectivity index (χ4n) is 0. The van der Waals surface area contributed by atoms with Gasteiger partial charge in [0, 0.05) is 0 Å². The van der Waals surface area contributed by atoms with E-state index in [-0.39, 0.29) is 25.9 Å². The summed E-state index contributed by atoms with van der Waals surface area (Å²) in [6.07, 6.45) is -3.67. The second-order valence-corrected chi connectivity index (χ2v) is 0.565. The number of rotatable bonds is 0. The van der Waals surface area contributed by atoms with Crippen molar-refractivity contribution in [1.82, 2.24) is 0 Å². The third kappa shape index (κ3) is 18600. The Labute approximate surface area is 91.9 Å². The van der Waals surface area contributed by atoms with E-state index in [0.29, 0.717) is 0 Å². The molecule has 0 heterocycles. The molecule has 0 saturated heterocycles. The molecule has 0 unspecified atom stereocenters. The average Bonchev–Trinajstić information content (AvgIpc) is 1.66. The third-order valence-corrected chi connectivity index (χ3v) is 0. The van der Waals surface area contributed by atoms with Crippen molar-refractivity contribution in [1.29, 1.82) is 0 Å². The fraction of sp³-hybridized carbons (Fsp3) is 0. The first kappa shape index (κ1) is 22.4. The van der Waals surface area contributed by atoms with Gasteiger partial charge in [0.1, 0.15) is 0 Å². The zero-order valence-electron chi connectivity index (χ0n) is 7.22. The predicted octanol–water partition coefficient (Wildman–Crippen LogP) is 0.168. The quantitative estimate of drug-likeness (QED) is 0.422. The first-order valence-corrected chi connectivity index (χ1v) is 2.14. The molecule has 0 rings (SSSR count). The maximum absolute atomic E-state index is 8.56. The molecular weight excluding hydrogens is 208 g/mol. The van der Waals surface area contributed by atoms with Crippen molar-refractivity contribution in [2.45, 2.75) is 0 Å². The van der Waals surface area contributed by atoms with Crippen LogP contribution in [0.4, 0.5) is 9.59 Å². The number of carboxylic acid groups (broad SMARTS) is 4. The van der Waals surface area contributed by atoms with Crippen LogP contribution in [0.1, 0.15) is 2.85 Å². The molecule has 0 spiro atoms. The van der Waals surface area contributed by atoms with E-state index in [9.17, 15) is 0 Å². The molecule has 0 aliphatic rings. The third-order valence-electron chi connectivity index (χ3n) is 0. The first-order chi connectivity index (χ1) is 4.46. The molecule has 0 saturated carbocycles. The van der Waals surface area contributed by atoms with Gasteiger partial charge in [-0.05, 0) is 0 Å². The van der Waals surface area contributed by atoms with Crippen LogP contribution in [0.5, 0.6) is 0 Å². The van der Waals surface area contributed by atoms with E-state index in [1.807, 2.05) is 0 Å². The average molecular weight is 214 g/mol. The van der Waals surface area contributed by atoms with Gasteiger partial charge in [-0.3, -0.25) is 0 Å². The summed E-state index contributed by atoms with van der Waals surface area (Å²) in [5.41, 5.74) is 0.